The second-order valence-electron chi connectivity index (χ2n) is 6.61. The second kappa shape index (κ2) is 6.18. The van der Waals surface area contributed by atoms with Gasteiger partial charge in [-0.3, -0.25) is 4.79 Å². The van der Waals surface area contributed by atoms with E-state index in [9.17, 15) is 4.79 Å². The van der Waals surface area contributed by atoms with Crippen LogP contribution in [0.15, 0.2) is 24.3 Å². The number of hydrogen-bond donors (Lipinski definition) is 1. The molecule has 21 heavy (non-hydrogen) atoms. The molecule has 3 rings (SSSR count). The number of ether oxygens (including phenoxy) is 1. The molecule has 2 aliphatic rings. The van der Waals surface area contributed by atoms with Crippen molar-refractivity contribution in [3.8, 4) is 0 Å². The average Bonchev–Trinajstić information content (AvgIpc) is 3.08. The molecule has 3 nitrogen and oxygen atoms in total. The highest BCUT2D eigenvalue weighted by molar-refractivity contribution is 5.78. The van der Waals surface area contributed by atoms with Gasteiger partial charge in [0.15, 0.2) is 0 Å². The van der Waals surface area contributed by atoms with Gasteiger partial charge in [-0.25, -0.2) is 0 Å². The third kappa shape index (κ3) is 3.13. The molecular formula is C18H25NO2. The van der Waals surface area contributed by atoms with Gasteiger partial charge in [0.2, 0.25) is 5.91 Å². The van der Waals surface area contributed by atoms with E-state index in [2.05, 4.69) is 29.6 Å². The van der Waals surface area contributed by atoms with Crippen molar-refractivity contribution in [2.45, 2.75) is 56.4 Å². The largest absolute Gasteiger partial charge is 0.382 e. The quantitative estimate of drug-likeness (QED) is 0.903. The molecule has 1 atom stereocenters. The summed E-state index contributed by atoms with van der Waals surface area (Å²) in [5.41, 5.74) is 2.69. The van der Waals surface area contributed by atoms with Crippen LogP contribution in [0.25, 0.3) is 0 Å². The number of carbonyl (C=O) groups is 1. The minimum absolute atomic E-state index is 0.107. The van der Waals surface area contributed by atoms with E-state index in [0.29, 0.717) is 18.9 Å². The number of amides is 1. The molecule has 0 saturated heterocycles. The van der Waals surface area contributed by atoms with Crippen molar-refractivity contribution < 1.29 is 9.53 Å². The van der Waals surface area contributed by atoms with Crippen molar-refractivity contribution >= 4 is 5.91 Å². The summed E-state index contributed by atoms with van der Waals surface area (Å²) >= 11 is 0. The van der Waals surface area contributed by atoms with Crippen LogP contribution in [0.3, 0.4) is 0 Å². The van der Waals surface area contributed by atoms with Crippen molar-refractivity contribution in [1.29, 1.82) is 0 Å². The Morgan fingerprint density at radius 1 is 1.33 bits per heavy atom. The fourth-order valence-electron chi connectivity index (χ4n) is 4.06. The van der Waals surface area contributed by atoms with Crippen molar-refractivity contribution in [2.75, 3.05) is 13.7 Å². The van der Waals surface area contributed by atoms with E-state index in [1.807, 2.05) is 0 Å². The van der Waals surface area contributed by atoms with E-state index < -0.39 is 0 Å². The number of hydrogen-bond acceptors (Lipinski definition) is 2. The normalized spacial score (nSPS) is 23.0. The first kappa shape index (κ1) is 14.6. The lowest BCUT2D eigenvalue weighted by molar-refractivity contribution is -0.124. The second-order valence-corrected chi connectivity index (χ2v) is 6.61. The van der Waals surface area contributed by atoms with Gasteiger partial charge in [0.05, 0.1) is 12.1 Å². The Hall–Kier alpha value is -1.35. The fraction of sp³-hybridized carbons (Fsp3) is 0.611. The topological polar surface area (TPSA) is 38.3 Å². The summed E-state index contributed by atoms with van der Waals surface area (Å²) in [6, 6.07) is 8.54. The molecule has 1 saturated carbocycles. The van der Waals surface area contributed by atoms with Crippen molar-refractivity contribution in [1.82, 2.24) is 5.32 Å². The Morgan fingerprint density at radius 2 is 2.10 bits per heavy atom. The standard InChI is InChI=1S/C18H25NO2/c1-21-13-18(10-4-5-11-18)19-17(20)12-15-9-8-14-6-2-3-7-16(14)15/h2-3,6-7,15H,4-5,8-13H2,1H3,(H,19,20)/t15-/m0/s1. The first-order chi connectivity index (χ1) is 10.2. The van der Waals surface area contributed by atoms with Crippen LogP contribution < -0.4 is 5.32 Å². The Balaban J connectivity index is 1.62. The SMILES string of the molecule is COCC1(NC(=O)C[C@@H]2CCc3ccccc32)CCCC1. The fourth-order valence-corrected chi connectivity index (χ4v) is 4.06. The molecule has 0 radical (unpaired) electrons. The number of benzene rings is 1. The van der Waals surface area contributed by atoms with Gasteiger partial charge >= 0.3 is 0 Å². The van der Waals surface area contributed by atoms with Crippen LogP contribution in [0.4, 0.5) is 0 Å². The van der Waals surface area contributed by atoms with Gasteiger partial charge in [-0.05, 0) is 42.7 Å². The van der Waals surface area contributed by atoms with Crippen molar-refractivity contribution in [3.05, 3.63) is 35.4 Å². The van der Waals surface area contributed by atoms with E-state index in [1.54, 1.807) is 7.11 Å². The summed E-state index contributed by atoms with van der Waals surface area (Å²) in [6.07, 6.45) is 7.30. The zero-order valence-corrected chi connectivity index (χ0v) is 12.9. The zero-order valence-electron chi connectivity index (χ0n) is 12.9. The van der Waals surface area contributed by atoms with Gasteiger partial charge in [0, 0.05) is 13.5 Å². The summed E-state index contributed by atoms with van der Waals surface area (Å²) < 4.78 is 5.34. The van der Waals surface area contributed by atoms with Gasteiger partial charge in [0.1, 0.15) is 0 Å². The third-order valence-corrected chi connectivity index (χ3v) is 5.07. The third-order valence-electron chi connectivity index (χ3n) is 5.07. The van der Waals surface area contributed by atoms with Crippen LogP contribution in [0.2, 0.25) is 0 Å². The number of fused-ring (bicyclic) bond motifs is 1. The molecular weight excluding hydrogens is 262 g/mol. The van der Waals surface area contributed by atoms with Gasteiger partial charge < -0.3 is 10.1 Å². The highest BCUT2D eigenvalue weighted by Gasteiger charge is 2.36. The minimum atomic E-state index is -0.107. The van der Waals surface area contributed by atoms with Crippen LogP contribution in [0, 0.1) is 0 Å². The molecule has 0 unspecified atom stereocenters. The average molecular weight is 287 g/mol. The number of aryl methyl sites for hydroxylation is 1. The highest BCUT2D eigenvalue weighted by atomic mass is 16.5. The van der Waals surface area contributed by atoms with Crippen LogP contribution >= 0.6 is 0 Å². The Bertz CT molecular complexity index is 506. The molecule has 3 heteroatoms. The Morgan fingerprint density at radius 3 is 2.86 bits per heavy atom. The Kier molecular flexibility index (Phi) is 4.29. The van der Waals surface area contributed by atoms with Crippen LogP contribution in [0.1, 0.15) is 55.6 Å². The lowest BCUT2D eigenvalue weighted by atomic mass is 9.95. The smallest absolute Gasteiger partial charge is 0.221 e. The van der Waals surface area contributed by atoms with Gasteiger partial charge in [-0.2, -0.15) is 0 Å². The molecule has 1 aromatic rings. The number of rotatable bonds is 5. The van der Waals surface area contributed by atoms with Crippen LogP contribution in [-0.4, -0.2) is 25.2 Å². The molecule has 0 aliphatic heterocycles. The summed E-state index contributed by atoms with van der Waals surface area (Å²) in [7, 11) is 1.72. The van der Waals surface area contributed by atoms with Gasteiger partial charge in [0.25, 0.3) is 0 Å². The molecule has 1 fully saturated rings. The lowest BCUT2D eigenvalue weighted by Crippen LogP contribution is -2.49. The number of methoxy groups -OCH3 is 1. The maximum atomic E-state index is 12.5. The van der Waals surface area contributed by atoms with Crippen LogP contribution in [-0.2, 0) is 16.0 Å². The maximum absolute atomic E-state index is 12.5. The first-order valence-corrected chi connectivity index (χ1v) is 8.10. The van der Waals surface area contributed by atoms with Crippen LogP contribution in [0.5, 0.6) is 0 Å². The number of carbonyl (C=O) groups excluding carboxylic acids is 1. The lowest BCUT2D eigenvalue weighted by Gasteiger charge is -2.30. The minimum Gasteiger partial charge on any atom is -0.382 e. The van der Waals surface area contributed by atoms with Gasteiger partial charge in [-0.1, -0.05) is 37.1 Å². The van der Waals surface area contributed by atoms with E-state index in [-0.39, 0.29) is 11.4 Å². The zero-order chi connectivity index (χ0) is 14.7. The predicted octanol–water partition coefficient (Wildman–Crippen LogP) is 3.18. The molecule has 1 amide bonds. The molecule has 1 aromatic carbocycles. The first-order valence-electron chi connectivity index (χ1n) is 8.10. The van der Waals surface area contributed by atoms with Gasteiger partial charge in [-0.15, -0.1) is 0 Å². The number of nitrogens with one attached hydrogen (secondary N) is 1. The molecule has 0 bridgehead atoms. The summed E-state index contributed by atoms with van der Waals surface area (Å²) in [5, 5.41) is 3.29. The molecule has 0 heterocycles. The maximum Gasteiger partial charge on any atom is 0.221 e. The molecule has 0 spiro atoms. The molecule has 2 aliphatic carbocycles. The van der Waals surface area contributed by atoms with E-state index in [1.165, 1.54) is 24.0 Å². The van der Waals surface area contributed by atoms with Crippen molar-refractivity contribution in [3.63, 3.8) is 0 Å². The van der Waals surface area contributed by atoms with E-state index in [4.69, 9.17) is 4.74 Å². The molecule has 114 valence electrons. The molecule has 1 N–H and O–H groups in total. The predicted molar refractivity (Wildman–Crippen MR) is 83.3 cm³/mol. The summed E-state index contributed by atoms with van der Waals surface area (Å²) in [5.74, 6) is 0.581. The Labute approximate surface area is 127 Å². The van der Waals surface area contributed by atoms with Crippen molar-refractivity contribution in [2.24, 2.45) is 0 Å². The monoisotopic (exact) mass is 287 g/mol. The molecule has 0 aromatic heterocycles. The highest BCUT2D eigenvalue weighted by Crippen LogP contribution is 2.36. The summed E-state index contributed by atoms with van der Waals surface area (Å²) in [4.78, 5) is 12.5. The van der Waals surface area contributed by atoms with E-state index >= 15 is 0 Å². The van der Waals surface area contributed by atoms with E-state index in [0.717, 1.165) is 25.7 Å². The summed E-state index contributed by atoms with van der Waals surface area (Å²) in [6.45, 7) is 0.639.